The van der Waals surface area contributed by atoms with E-state index in [1.54, 1.807) is 0 Å². The number of fused-ring (bicyclic) bond motifs is 1. The van der Waals surface area contributed by atoms with Gasteiger partial charge in [-0.2, -0.15) is 15.3 Å². The zero-order chi connectivity index (χ0) is 16.3. The maximum Gasteiger partial charge on any atom is 0.220 e. The minimum Gasteiger partial charge on any atom is -0.346 e. The Bertz CT molecular complexity index is 650. The molecule has 0 saturated carbocycles. The van der Waals surface area contributed by atoms with Crippen LogP contribution in [0.3, 0.4) is 0 Å². The second kappa shape index (κ2) is 6.49. The molecule has 0 spiro atoms. The molecule has 122 valence electrons. The Morgan fingerprint density at radius 2 is 2.30 bits per heavy atom. The highest BCUT2D eigenvalue weighted by Crippen LogP contribution is 2.37. The van der Waals surface area contributed by atoms with Crippen LogP contribution >= 0.6 is 0 Å². The lowest BCUT2D eigenvalue weighted by Gasteiger charge is -2.23. The van der Waals surface area contributed by atoms with E-state index in [-0.39, 0.29) is 11.9 Å². The van der Waals surface area contributed by atoms with Crippen molar-refractivity contribution in [3.8, 4) is 12.3 Å². The molecule has 0 aromatic carbocycles. The van der Waals surface area contributed by atoms with Gasteiger partial charge in [0, 0.05) is 38.6 Å². The summed E-state index contributed by atoms with van der Waals surface area (Å²) < 4.78 is 1.92. The Morgan fingerprint density at radius 3 is 3.00 bits per heavy atom. The fourth-order valence-electron chi connectivity index (χ4n) is 2.93. The Labute approximate surface area is 136 Å². The van der Waals surface area contributed by atoms with Gasteiger partial charge in [0.1, 0.15) is 5.82 Å². The summed E-state index contributed by atoms with van der Waals surface area (Å²) in [5.74, 6) is 4.33. The Kier molecular flexibility index (Phi) is 4.42. The van der Waals surface area contributed by atoms with Crippen molar-refractivity contribution in [1.82, 2.24) is 20.1 Å². The first-order valence-electron chi connectivity index (χ1n) is 8.26. The van der Waals surface area contributed by atoms with Crippen LogP contribution in [0.4, 0.5) is 0 Å². The van der Waals surface area contributed by atoms with Crippen molar-refractivity contribution in [3.63, 3.8) is 0 Å². The fraction of sp³-hybridized carbons (Fsp3) is 0.688. The van der Waals surface area contributed by atoms with E-state index in [2.05, 4.69) is 31.5 Å². The van der Waals surface area contributed by atoms with Crippen LogP contribution in [0.5, 0.6) is 0 Å². The topological polar surface area (TPSA) is 84.5 Å². The van der Waals surface area contributed by atoms with E-state index in [1.165, 1.54) is 0 Å². The van der Waals surface area contributed by atoms with Gasteiger partial charge in [-0.3, -0.25) is 4.79 Å². The highest BCUT2D eigenvalue weighted by atomic mass is 16.1. The molecule has 1 aromatic rings. The van der Waals surface area contributed by atoms with Gasteiger partial charge >= 0.3 is 0 Å². The fourth-order valence-corrected chi connectivity index (χ4v) is 2.93. The van der Waals surface area contributed by atoms with Crippen LogP contribution in [-0.2, 0) is 17.8 Å². The van der Waals surface area contributed by atoms with Crippen molar-refractivity contribution in [1.29, 1.82) is 0 Å². The van der Waals surface area contributed by atoms with Crippen LogP contribution in [0, 0.1) is 12.3 Å². The molecule has 2 aliphatic rings. The van der Waals surface area contributed by atoms with E-state index < -0.39 is 5.66 Å². The molecule has 7 heteroatoms. The summed E-state index contributed by atoms with van der Waals surface area (Å²) in [4.78, 5) is 16.8. The van der Waals surface area contributed by atoms with E-state index in [0.29, 0.717) is 19.3 Å². The van der Waals surface area contributed by atoms with Gasteiger partial charge in [-0.15, -0.1) is 12.3 Å². The maximum atomic E-state index is 12.3. The maximum absolute atomic E-state index is 12.3. The third-order valence-electron chi connectivity index (χ3n) is 4.38. The van der Waals surface area contributed by atoms with Crippen LogP contribution in [0.15, 0.2) is 10.2 Å². The van der Waals surface area contributed by atoms with Crippen molar-refractivity contribution < 1.29 is 4.79 Å². The van der Waals surface area contributed by atoms with Crippen molar-refractivity contribution in [3.05, 3.63) is 11.6 Å². The molecule has 0 bridgehead atoms. The molecular formula is C16H22N6O. The smallest absolute Gasteiger partial charge is 0.220 e. The van der Waals surface area contributed by atoms with E-state index in [9.17, 15) is 4.79 Å². The van der Waals surface area contributed by atoms with Gasteiger partial charge in [0.25, 0.3) is 0 Å². The first kappa shape index (κ1) is 15.7. The number of rotatable bonds is 7. The summed E-state index contributed by atoms with van der Waals surface area (Å²) in [7, 11) is 0. The van der Waals surface area contributed by atoms with Gasteiger partial charge < -0.3 is 5.32 Å². The number of aromatic nitrogens is 3. The van der Waals surface area contributed by atoms with Crippen LogP contribution in [0.1, 0.15) is 63.1 Å². The molecule has 0 fully saturated rings. The highest BCUT2D eigenvalue weighted by Gasteiger charge is 2.39. The third kappa shape index (κ3) is 3.58. The molecule has 3 heterocycles. The molecule has 0 aliphatic carbocycles. The number of carbonyl (C=O) groups excluding carboxylic acids is 1. The molecule has 2 aliphatic heterocycles. The second-order valence-corrected chi connectivity index (χ2v) is 6.11. The molecule has 1 aromatic heterocycles. The Hall–Kier alpha value is -2.23. The molecule has 1 atom stereocenters. The molecule has 23 heavy (non-hydrogen) atoms. The number of nitrogens with one attached hydrogen (secondary N) is 1. The van der Waals surface area contributed by atoms with Crippen LogP contribution in [-0.4, -0.2) is 26.3 Å². The largest absolute Gasteiger partial charge is 0.346 e. The zero-order valence-corrected chi connectivity index (χ0v) is 13.5. The third-order valence-corrected chi connectivity index (χ3v) is 4.38. The van der Waals surface area contributed by atoms with E-state index in [1.807, 2.05) is 11.6 Å². The highest BCUT2D eigenvalue weighted by molar-refractivity contribution is 5.76. The van der Waals surface area contributed by atoms with Crippen molar-refractivity contribution >= 4 is 5.91 Å². The average molecular weight is 314 g/mol. The Morgan fingerprint density at radius 1 is 1.48 bits per heavy atom. The van der Waals surface area contributed by atoms with E-state index in [0.717, 1.165) is 43.9 Å². The first-order chi connectivity index (χ1) is 11.2. The minimum atomic E-state index is -0.397. The molecule has 0 saturated heterocycles. The lowest BCUT2D eigenvalue weighted by molar-refractivity contribution is -0.122. The summed E-state index contributed by atoms with van der Waals surface area (Å²) in [5.41, 5.74) is -0.397. The van der Waals surface area contributed by atoms with E-state index in [4.69, 9.17) is 6.42 Å². The summed E-state index contributed by atoms with van der Waals surface area (Å²) >= 11 is 0. The summed E-state index contributed by atoms with van der Waals surface area (Å²) in [6.45, 7) is 2.91. The zero-order valence-electron chi connectivity index (χ0n) is 13.5. The molecule has 3 rings (SSSR count). The Balaban J connectivity index is 1.53. The van der Waals surface area contributed by atoms with Crippen LogP contribution in [0.25, 0.3) is 0 Å². The lowest BCUT2D eigenvalue weighted by atomic mass is 10.0. The summed E-state index contributed by atoms with van der Waals surface area (Å²) in [6.07, 6.45) is 10.4. The minimum absolute atomic E-state index is 0.0156. The van der Waals surface area contributed by atoms with Crippen molar-refractivity contribution in [2.75, 3.05) is 0 Å². The SMILES string of the molecule is C#CCCC1(CCC(=O)NC2CCCn3nc(CC)nc32)N=N1. The predicted octanol–water partition coefficient (Wildman–Crippen LogP) is 2.15. The summed E-state index contributed by atoms with van der Waals surface area (Å²) in [5, 5.41) is 15.7. The molecule has 1 unspecified atom stereocenters. The summed E-state index contributed by atoms with van der Waals surface area (Å²) in [6, 6.07) is -0.0428. The van der Waals surface area contributed by atoms with Gasteiger partial charge in [-0.1, -0.05) is 6.92 Å². The standard InChI is InChI=1S/C16H22N6O/c1-3-5-9-16(20-21-16)10-8-14(23)17-12-7-6-11-22-15(12)18-13(4-2)19-22/h1,12H,4-11H2,2H3,(H,17,23). The van der Waals surface area contributed by atoms with Gasteiger partial charge in [0.15, 0.2) is 11.5 Å². The number of terminal acetylenes is 1. The molecular weight excluding hydrogens is 292 g/mol. The molecule has 7 nitrogen and oxygen atoms in total. The van der Waals surface area contributed by atoms with Crippen LogP contribution in [0.2, 0.25) is 0 Å². The van der Waals surface area contributed by atoms with Crippen molar-refractivity contribution in [2.45, 2.75) is 70.1 Å². The normalized spacial score (nSPS) is 20.6. The van der Waals surface area contributed by atoms with Gasteiger partial charge in [-0.25, -0.2) is 9.67 Å². The van der Waals surface area contributed by atoms with E-state index >= 15 is 0 Å². The first-order valence-corrected chi connectivity index (χ1v) is 8.26. The predicted molar refractivity (Wildman–Crippen MR) is 84.4 cm³/mol. The molecule has 1 N–H and O–H groups in total. The van der Waals surface area contributed by atoms with Crippen molar-refractivity contribution in [2.24, 2.45) is 10.2 Å². The van der Waals surface area contributed by atoms with Gasteiger partial charge in [0.05, 0.1) is 6.04 Å². The molecule has 1 amide bonds. The average Bonchev–Trinajstić information content (AvgIpc) is 3.20. The number of amides is 1. The second-order valence-electron chi connectivity index (χ2n) is 6.11. The lowest BCUT2D eigenvalue weighted by Crippen LogP contribution is -2.33. The van der Waals surface area contributed by atoms with Gasteiger partial charge in [0.2, 0.25) is 5.91 Å². The number of hydrogen-bond donors (Lipinski definition) is 1. The van der Waals surface area contributed by atoms with Crippen LogP contribution < -0.4 is 5.32 Å². The molecule has 0 radical (unpaired) electrons. The quantitative estimate of drug-likeness (QED) is 0.783. The monoisotopic (exact) mass is 314 g/mol. The number of nitrogens with zero attached hydrogens (tertiary/aromatic N) is 5. The number of carbonyl (C=O) groups is 1. The van der Waals surface area contributed by atoms with Gasteiger partial charge in [-0.05, 0) is 12.8 Å². The number of hydrogen-bond acceptors (Lipinski definition) is 5. The number of aryl methyl sites for hydroxylation is 2.